The van der Waals surface area contributed by atoms with Gasteiger partial charge in [-0.2, -0.15) is 0 Å². The Balaban J connectivity index is 2.01. The van der Waals surface area contributed by atoms with Crippen molar-refractivity contribution in [3.05, 3.63) is 35.9 Å². The number of hydrogen-bond acceptors (Lipinski definition) is 3. The van der Waals surface area contributed by atoms with Crippen molar-refractivity contribution in [2.24, 2.45) is 0 Å². The summed E-state index contributed by atoms with van der Waals surface area (Å²) in [4.78, 5) is 12.2. The van der Waals surface area contributed by atoms with Crippen molar-refractivity contribution < 1.29 is 14.1 Å². The van der Waals surface area contributed by atoms with E-state index in [0.717, 1.165) is 18.4 Å². The molecule has 2 rings (SSSR count). The van der Waals surface area contributed by atoms with E-state index in [2.05, 4.69) is 5.32 Å². The molecular weight excluding hydrogens is 286 g/mol. The second kappa shape index (κ2) is 7.18. The summed E-state index contributed by atoms with van der Waals surface area (Å²) in [6.45, 7) is 0. The molecule has 116 valence electrons. The molecule has 1 aliphatic carbocycles. The maximum Gasteiger partial charge on any atom is 0.223 e. The summed E-state index contributed by atoms with van der Waals surface area (Å²) in [6.07, 6.45) is 5.10. The fraction of sp³-hybridized carbons (Fsp3) is 0.562. The highest BCUT2D eigenvalue weighted by molar-refractivity contribution is 7.84. The molecule has 1 aromatic carbocycles. The van der Waals surface area contributed by atoms with Gasteiger partial charge in [-0.1, -0.05) is 43.2 Å². The average Bonchev–Trinajstić information content (AvgIpc) is 2.84. The fourth-order valence-electron chi connectivity index (χ4n) is 2.90. The quantitative estimate of drug-likeness (QED) is 0.843. The van der Waals surface area contributed by atoms with Crippen LogP contribution in [-0.4, -0.2) is 32.8 Å². The molecule has 0 aromatic heterocycles. The van der Waals surface area contributed by atoms with Crippen molar-refractivity contribution in [3.63, 3.8) is 0 Å². The maximum absolute atomic E-state index is 12.2. The number of amides is 1. The lowest BCUT2D eigenvalue weighted by Crippen LogP contribution is -2.38. The molecular formula is C16H23NO3S. The van der Waals surface area contributed by atoms with Crippen LogP contribution >= 0.6 is 0 Å². The Morgan fingerprint density at radius 3 is 2.52 bits per heavy atom. The van der Waals surface area contributed by atoms with Gasteiger partial charge in [0.1, 0.15) is 0 Å². The first-order valence-electron chi connectivity index (χ1n) is 7.35. The highest BCUT2D eigenvalue weighted by Crippen LogP contribution is 2.32. The Kier molecular flexibility index (Phi) is 5.53. The first-order valence-corrected chi connectivity index (χ1v) is 9.08. The number of benzene rings is 1. The molecule has 4 nitrogen and oxygen atoms in total. The lowest BCUT2D eigenvalue weighted by molar-refractivity contribution is -0.126. The van der Waals surface area contributed by atoms with E-state index in [4.69, 9.17) is 0 Å². The van der Waals surface area contributed by atoms with Gasteiger partial charge in [0.25, 0.3) is 0 Å². The van der Waals surface area contributed by atoms with Crippen molar-refractivity contribution in [2.45, 2.75) is 43.7 Å². The first kappa shape index (κ1) is 16.2. The SMILES string of the molecule is CS(=O)CC(NC(=O)CC1(O)CCCC1)c1ccccc1. The minimum Gasteiger partial charge on any atom is -0.389 e. The third-order valence-corrected chi connectivity index (χ3v) is 4.77. The van der Waals surface area contributed by atoms with Crippen LogP contribution in [0.5, 0.6) is 0 Å². The van der Waals surface area contributed by atoms with E-state index in [-0.39, 0.29) is 18.4 Å². The summed E-state index contributed by atoms with van der Waals surface area (Å²) in [5.41, 5.74) is 0.0934. The Hall–Kier alpha value is -1.20. The van der Waals surface area contributed by atoms with Crippen LogP contribution in [0.1, 0.15) is 43.7 Å². The van der Waals surface area contributed by atoms with Crippen molar-refractivity contribution in [1.29, 1.82) is 0 Å². The number of rotatable bonds is 6. The highest BCUT2D eigenvalue weighted by Gasteiger charge is 2.34. The summed E-state index contributed by atoms with van der Waals surface area (Å²) in [5.74, 6) is 0.215. The molecule has 21 heavy (non-hydrogen) atoms. The van der Waals surface area contributed by atoms with E-state index in [1.807, 2.05) is 30.3 Å². The van der Waals surface area contributed by atoms with Crippen LogP contribution in [0.3, 0.4) is 0 Å². The van der Waals surface area contributed by atoms with E-state index in [1.165, 1.54) is 0 Å². The molecule has 1 saturated carbocycles. The molecule has 0 heterocycles. The van der Waals surface area contributed by atoms with E-state index in [1.54, 1.807) is 6.26 Å². The Bertz CT molecular complexity index is 498. The minimum absolute atomic E-state index is 0.132. The normalized spacial score (nSPS) is 19.9. The minimum atomic E-state index is -1.00. The van der Waals surface area contributed by atoms with E-state index < -0.39 is 16.4 Å². The molecule has 0 saturated heterocycles. The summed E-state index contributed by atoms with van der Waals surface area (Å²) in [6, 6.07) is 9.28. The summed E-state index contributed by atoms with van der Waals surface area (Å²) in [5, 5.41) is 13.2. The van der Waals surface area contributed by atoms with Crippen molar-refractivity contribution >= 4 is 16.7 Å². The van der Waals surface area contributed by atoms with Gasteiger partial charge in [-0.15, -0.1) is 0 Å². The number of hydrogen-bond donors (Lipinski definition) is 2. The molecule has 5 heteroatoms. The lowest BCUT2D eigenvalue weighted by atomic mass is 9.97. The molecule has 1 fully saturated rings. The van der Waals surface area contributed by atoms with Gasteiger partial charge in [-0.05, 0) is 18.4 Å². The first-order chi connectivity index (χ1) is 9.98. The Morgan fingerprint density at radius 2 is 1.95 bits per heavy atom. The number of nitrogens with one attached hydrogen (secondary N) is 1. The van der Waals surface area contributed by atoms with Gasteiger partial charge in [-0.3, -0.25) is 9.00 Å². The molecule has 1 aliphatic rings. The number of aliphatic hydroxyl groups is 1. The van der Waals surface area contributed by atoms with Crippen LogP contribution in [0.2, 0.25) is 0 Å². The van der Waals surface area contributed by atoms with Gasteiger partial charge in [0.05, 0.1) is 18.1 Å². The van der Waals surface area contributed by atoms with Gasteiger partial charge >= 0.3 is 0 Å². The zero-order valence-electron chi connectivity index (χ0n) is 12.4. The van der Waals surface area contributed by atoms with Gasteiger partial charge in [0.15, 0.2) is 0 Å². The average molecular weight is 309 g/mol. The fourth-order valence-corrected chi connectivity index (χ4v) is 3.64. The standard InChI is InChI=1S/C16H23NO3S/c1-21(20)12-14(13-7-3-2-4-8-13)17-15(18)11-16(19)9-5-6-10-16/h2-4,7-8,14,19H,5-6,9-12H2,1H3,(H,17,18). The van der Waals surface area contributed by atoms with Crippen LogP contribution in [-0.2, 0) is 15.6 Å². The Morgan fingerprint density at radius 1 is 1.33 bits per heavy atom. The van der Waals surface area contributed by atoms with E-state index >= 15 is 0 Å². The zero-order chi connectivity index (χ0) is 15.3. The van der Waals surface area contributed by atoms with Crippen molar-refractivity contribution in [2.75, 3.05) is 12.0 Å². The predicted molar refractivity (Wildman–Crippen MR) is 84.3 cm³/mol. The predicted octanol–water partition coefficient (Wildman–Crippen LogP) is 1.92. The highest BCUT2D eigenvalue weighted by atomic mass is 32.2. The molecule has 0 aliphatic heterocycles. The third-order valence-electron chi connectivity index (χ3n) is 3.96. The molecule has 2 unspecified atom stereocenters. The van der Waals surface area contributed by atoms with Gasteiger partial charge in [0.2, 0.25) is 5.91 Å². The topological polar surface area (TPSA) is 66.4 Å². The third kappa shape index (κ3) is 4.93. The largest absolute Gasteiger partial charge is 0.389 e. The zero-order valence-corrected chi connectivity index (χ0v) is 13.2. The summed E-state index contributed by atoms with van der Waals surface area (Å²) >= 11 is 0. The number of carbonyl (C=O) groups excluding carboxylic acids is 1. The van der Waals surface area contributed by atoms with Crippen LogP contribution in [0.4, 0.5) is 0 Å². The summed E-state index contributed by atoms with van der Waals surface area (Å²) in [7, 11) is -1.00. The molecule has 0 bridgehead atoms. The second-order valence-corrected chi connectivity index (χ2v) is 7.36. The molecule has 2 atom stereocenters. The molecule has 0 radical (unpaired) electrons. The van der Waals surface area contributed by atoms with Crippen LogP contribution < -0.4 is 5.32 Å². The second-order valence-electron chi connectivity index (χ2n) is 5.88. The van der Waals surface area contributed by atoms with Gasteiger partial charge < -0.3 is 10.4 Å². The molecule has 0 spiro atoms. The van der Waals surface area contributed by atoms with E-state index in [0.29, 0.717) is 18.6 Å². The smallest absolute Gasteiger partial charge is 0.223 e. The lowest BCUT2D eigenvalue weighted by Gasteiger charge is -2.24. The van der Waals surface area contributed by atoms with Crippen LogP contribution in [0, 0.1) is 0 Å². The maximum atomic E-state index is 12.2. The monoisotopic (exact) mass is 309 g/mol. The van der Waals surface area contributed by atoms with Crippen LogP contribution in [0.25, 0.3) is 0 Å². The van der Waals surface area contributed by atoms with Crippen LogP contribution in [0.15, 0.2) is 30.3 Å². The summed E-state index contributed by atoms with van der Waals surface area (Å²) < 4.78 is 11.5. The van der Waals surface area contributed by atoms with Gasteiger partial charge in [0, 0.05) is 22.8 Å². The molecule has 1 amide bonds. The van der Waals surface area contributed by atoms with Crippen molar-refractivity contribution in [1.82, 2.24) is 5.32 Å². The van der Waals surface area contributed by atoms with E-state index in [9.17, 15) is 14.1 Å². The Labute approximate surface area is 128 Å². The molecule has 1 aromatic rings. The number of carbonyl (C=O) groups is 1. The molecule has 2 N–H and O–H groups in total. The van der Waals surface area contributed by atoms with Gasteiger partial charge in [-0.25, -0.2) is 0 Å². The van der Waals surface area contributed by atoms with Crippen molar-refractivity contribution in [3.8, 4) is 0 Å².